The number of rotatable bonds is 4. The van der Waals surface area contributed by atoms with E-state index in [1.807, 2.05) is 61.3 Å². The van der Waals surface area contributed by atoms with Gasteiger partial charge >= 0.3 is 0 Å². The fraction of sp³-hybridized carbons (Fsp3) is 0.158. The maximum Gasteiger partial charge on any atom is 0.275 e. The predicted molar refractivity (Wildman–Crippen MR) is 101 cm³/mol. The van der Waals surface area contributed by atoms with E-state index in [1.165, 1.54) is 0 Å². The third-order valence-electron chi connectivity index (χ3n) is 3.90. The molecule has 0 radical (unpaired) electrons. The number of carbonyl (C=O) groups is 1. The first-order valence-corrected chi connectivity index (χ1v) is 8.50. The average molecular weight is 385 g/mol. The van der Waals surface area contributed by atoms with Crippen LogP contribution < -0.4 is 15.2 Å². The van der Waals surface area contributed by atoms with E-state index >= 15 is 0 Å². The molecule has 122 valence electrons. The number of nitrogens with zero attached hydrogens (tertiary/aromatic N) is 1. The smallest absolute Gasteiger partial charge is 0.275 e. The van der Waals surface area contributed by atoms with Crippen molar-refractivity contribution in [2.24, 2.45) is 0 Å². The van der Waals surface area contributed by atoms with Crippen LogP contribution in [0, 0.1) is 6.92 Å². The quantitative estimate of drug-likeness (QED) is 0.743. The van der Waals surface area contributed by atoms with E-state index in [0.717, 1.165) is 32.4 Å². The summed E-state index contributed by atoms with van der Waals surface area (Å²) in [7, 11) is 1.90. The van der Waals surface area contributed by atoms with Crippen molar-refractivity contribution in [3.8, 4) is 0 Å². The van der Waals surface area contributed by atoms with Gasteiger partial charge in [0.05, 0.1) is 7.05 Å². The van der Waals surface area contributed by atoms with Gasteiger partial charge in [0.15, 0.2) is 6.54 Å². The Hall–Kier alpha value is -2.40. The summed E-state index contributed by atoms with van der Waals surface area (Å²) in [5.41, 5.74) is 2.91. The van der Waals surface area contributed by atoms with Gasteiger partial charge in [-0.1, -0.05) is 34.1 Å². The second-order valence-corrected chi connectivity index (χ2v) is 6.71. The van der Waals surface area contributed by atoms with E-state index in [4.69, 9.17) is 0 Å². The number of anilines is 2. The lowest BCUT2D eigenvalue weighted by atomic mass is 10.2. The lowest BCUT2D eigenvalue weighted by Gasteiger charge is -2.13. The molecule has 0 aliphatic rings. The van der Waals surface area contributed by atoms with Gasteiger partial charge in [0, 0.05) is 21.6 Å². The van der Waals surface area contributed by atoms with Crippen LogP contribution in [0.5, 0.6) is 0 Å². The van der Waals surface area contributed by atoms with Crippen LogP contribution in [0.25, 0.3) is 10.9 Å². The summed E-state index contributed by atoms with van der Waals surface area (Å²) < 4.78 is 1.00. The van der Waals surface area contributed by atoms with Gasteiger partial charge in [-0.15, -0.1) is 0 Å². The molecule has 2 N–H and O–H groups in total. The Bertz CT molecular complexity index is 895. The first-order valence-electron chi connectivity index (χ1n) is 7.71. The first-order chi connectivity index (χ1) is 11.5. The Labute approximate surface area is 149 Å². The molecule has 24 heavy (non-hydrogen) atoms. The molecule has 0 aliphatic carbocycles. The van der Waals surface area contributed by atoms with E-state index in [-0.39, 0.29) is 12.5 Å². The zero-order chi connectivity index (χ0) is 17.1. The summed E-state index contributed by atoms with van der Waals surface area (Å²) in [6.07, 6.45) is 0. The zero-order valence-electron chi connectivity index (χ0n) is 13.6. The number of amides is 1. The summed E-state index contributed by atoms with van der Waals surface area (Å²) in [5.74, 6) is 0.848. The van der Waals surface area contributed by atoms with Gasteiger partial charge in [-0.05, 0) is 42.8 Å². The van der Waals surface area contributed by atoms with Gasteiger partial charge < -0.3 is 5.32 Å². The lowest BCUT2D eigenvalue weighted by molar-refractivity contribution is -0.330. The molecule has 2 aromatic carbocycles. The minimum atomic E-state index is -0.0514. The monoisotopic (exact) mass is 384 g/mol. The van der Waals surface area contributed by atoms with Gasteiger partial charge in [-0.3, -0.25) is 9.69 Å². The Morgan fingerprint density at radius 1 is 1.17 bits per heavy atom. The molecule has 1 aromatic heterocycles. The third-order valence-corrected chi connectivity index (χ3v) is 4.39. The highest BCUT2D eigenvalue weighted by molar-refractivity contribution is 9.10. The standard InChI is InChI=1S/C19H18BrN3O/c1-13-11-15(20)8-9-16(13)22-19(24)12-23(2)18-10-7-14-5-3-4-6-17(14)21-18/h3-11H,12H2,1-2H3,(H,22,24)/p+1. The molecule has 3 rings (SSSR count). The van der Waals surface area contributed by atoms with E-state index in [1.54, 1.807) is 0 Å². The second-order valence-electron chi connectivity index (χ2n) is 5.79. The molecule has 0 saturated heterocycles. The summed E-state index contributed by atoms with van der Waals surface area (Å²) in [6.45, 7) is 2.24. The number of carbonyl (C=O) groups excluding carboxylic acids is 1. The summed E-state index contributed by atoms with van der Waals surface area (Å²) in [4.78, 5) is 17.6. The van der Waals surface area contributed by atoms with Crippen molar-refractivity contribution in [1.29, 1.82) is 0 Å². The Morgan fingerprint density at radius 3 is 2.75 bits per heavy atom. The van der Waals surface area contributed by atoms with Gasteiger partial charge in [0.1, 0.15) is 5.52 Å². The number of nitrogens with one attached hydrogen (secondary N) is 2. The molecule has 0 spiro atoms. The highest BCUT2D eigenvalue weighted by atomic mass is 79.9. The number of halogens is 1. The minimum Gasteiger partial charge on any atom is -0.322 e. The number of aryl methyl sites for hydroxylation is 1. The average Bonchev–Trinajstić information content (AvgIpc) is 2.57. The number of hydrogen-bond donors (Lipinski definition) is 1. The second kappa shape index (κ2) is 7.01. The number of aromatic amines is 1. The summed E-state index contributed by atoms with van der Waals surface area (Å²) in [6, 6.07) is 17.9. The SMILES string of the molecule is Cc1cc(Br)ccc1NC(=O)CN(C)c1ccc2ccccc2[nH+]1. The Kier molecular flexibility index (Phi) is 4.81. The number of benzene rings is 2. The molecular weight excluding hydrogens is 366 g/mol. The van der Waals surface area contributed by atoms with Crippen LogP contribution in [-0.4, -0.2) is 19.5 Å². The number of H-pyrrole nitrogens is 1. The van der Waals surface area contributed by atoms with Crippen molar-refractivity contribution in [3.63, 3.8) is 0 Å². The molecule has 3 aromatic rings. The van der Waals surface area contributed by atoms with Crippen LogP contribution in [0.4, 0.5) is 11.5 Å². The molecule has 0 aliphatic heterocycles. The minimum absolute atomic E-state index is 0.0514. The van der Waals surface area contributed by atoms with Crippen molar-refractivity contribution in [2.45, 2.75) is 6.92 Å². The van der Waals surface area contributed by atoms with Gasteiger partial charge in [0.2, 0.25) is 0 Å². The van der Waals surface area contributed by atoms with Gasteiger partial charge in [-0.25, -0.2) is 4.98 Å². The molecule has 0 bridgehead atoms. The van der Waals surface area contributed by atoms with Crippen LogP contribution >= 0.6 is 15.9 Å². The predicted octanol–water partition coefficient (Wildman–Crippen LogP) is 3.80. The van der Waals surface area contributed by atoms with Crippen LogP contribution in [-0.2, 0) is 4.79 Å². The van der Waals surface area contributed by atoms with E-state index in [2.05, 4.69) is 38.4 Å². The normalized spacial score (nSPS) is 10.6. The molecule has 4 nitrogen and oxygen atoms in total. The molecule has 0 fully saturated rings. The number of hydrogen-bond acceptors (Lipinski definition) is 2. The lowest BCUT2D eigenvalue weighted by Crippen LogP contribution is -2.33. The topological polar surface area (TPSA) is 46.5 Å². The van der Waals surface area contributed by atoms with Crippen LogP contribution in [0.3, 0.4) is 0 Å². The maximum absolute atomic E-state index is 12.3. The van der Waals surface area contributed by atoms with E-state index in [9.17, 15) is 4.79 Å². The van der Waals surface area contributed by atoms with Gasteiger partial charge in [-0.2, -0.15) is 0 Å². The summed E-state index contributed by atoms with van der Waals surface area (Å²) >= 11 is 3.43. The van der Waals surface area contributed by atoms with Crippen molar-refractivity contribution in [1.82, 2.24) is 0 Å². The van der Waals surface area contributed by atoms with Crippen LogP contribution in [0.2, 0.25) is 0 Å². The first kappa shape index (κ1) is 16.5. The Balaban J connectivity index is 1.70. The number of likely N-dealkylation sites (N-methyl/N-ethyl adjacent to an activating group) is 1. The van der Waals surface area contributed by atoms with E-state index in [0.29, 0.717) is 0 Å². The highest BCUT2D eigenvalue weighted by Crippen LogP contribution is 2.20. The molecule has 1 amide bonds. The molecule has 5 heteroatoms. The third kappa shape index (κ3) is 3.74. The summed E-state index contributed by atoms with van der Waals surface area (Å²) in [5, 5.41) is 4.10. The fourth-order valence-electron chi connectivity index (χ4n) is 2.58. The number of para-hydroxylation sites is 1. The fourth-order valence-corrected chi connectivity index (χ4v) is 3.06. The van der Waals surface area contributed by atoms with Crippen LogP contribution in [0.15, 0.2) is 59.1 Å². The van der Waals surface area contributed by atoms with E-state index < -0.39 is 0 Å². The molecule has 0 atom stereocenters. The maximum atomic E-state index is 12.3. The molecule has 1 heterocycles. The highest BCUT2D eigenvalue weighted by Gasteiger charge is 2.16. The van der Waals surface area contributed by atoms with Gasteiger partial charge in [0.25, 0.3) is 11.7 Å². The van der Waals surface area contributed by atoms with Crippen molar-refractivity contribution in [3.05, 3.63) is 64.6 Å². The largest absolute Gasteiger partial charge is 0.322 e. The van der Waals surface area contributed by atoms with Crippen LogP contribution in [0.1, 0.15) is 5.56 Å². The zero-order valence-corrected chi connectivity index (χ0v) is 15.2. The molecule has 0 unspecified atom stereocenters. The number of pyridine rings is 1. The Morgan fingerprint density at radius 2 is 1.96 bits per heavy atom. The molecule has 0 saturated carbocycles. The number of aromatic nitrogens is 1. The van der Waals surface area contributed by atoms with Crippen molar-refractivity contribution < 1.29 is 9.78 Å². The van der Waals surface area contributed by atoms with Crippen molar-refractivity contribution >= 4 is 44.2 Å². The molecular formula is C19H19BrN3O+. The van der Waals surface area contributed by atoms with Crippen molar-refractivity contribution in [2.75, 3.05) is 23.8 Å². The number of fused-ring (bicyclic) bond motifs is 1.